The molecule has 196 valence electrons. The predicted octanol–water partition coefficient (Wildman–Crippen LogP) is 4.37. The van der Waals surface area contributed by atoms with Gasteiger partial charge in [-0.1, -0.05) is 30.3 Å². The smallest absolute Gasteiger partial charge is 0.415 e. The Labute approximate surface area is 221 Å². The second-order valence-electron chi connectivity index (χ2n) is 9.92. The second-order valence-corrected chi connectivity index (χ2v) is 9.92. The first kappa shape index (κ1) is 24.2. The molecule has 1 aliphatic carbocycles. The summed E-state index contributed by atoms with van der Waals surface area (Å²) in [5.41, 5.74) is 3.47. The molecule has 1 unspecified atom stereocenters. The van der Waals surface area contributed by atoms with Crippen LogP contribution in [0.2, 0.25) is 0 Å². The number of nitrogens with zero attached hydrogens (tertiary/aromatic N) is 2. The Balaban J connectivity index is 0.995. The number of benzene rings is 2. The summed E-state index contributed by atoms with van der Waals surface area (Å²) in [5.74, 6) is 2.60. The maximum absolute atomic E-state index is 12.5. The minimum Gasteiger partial charge on any atom is -0.493 e. The van der Waals surface area contributed by atoms with Gasteiger partial charge >= 0.3 is 6.09 Å². The lowest BCUT2D eigenvalue weighted by atomic mass is 10.0. The number of amides is 2. The molecule has 6 rings (SSSR count). The van der Waals surface area contributed by atoms with Crippen molar-refractivity contribution in [3.63, 3.8) is 0 Å². The van der Waals surface area contributed by atoms with Crippen molar-refractivity contribution < 1.29 is 23.8 Å². The first-order chi connectivity index (χ1) is 18.6. The zero-order chi connectivity index (χ0) is 25.9. The van der Waals surface area contributed by atoms with Gasteiger partial charge in [-0.25, -0.2) is 9.78 Å². The highest BCUT2D eigenvalue weighted by Gasteiger charge is 2.33. The van der Waals surface area contributed by atoms with Crippen molar-refractivity contribution in [3.8, 4) is 22.6 Å². The maximum atomic E-state index is 12.5. The van der Waals surface area contributed by atoms with E-state index in [4.69, 9.17) is 14.2 Å². The lowest BCUT2D eigenvalue weighted by Crippen LogP contribution is -2.29. The van der Waals surface area contributed by atoms with E-state index >= 15 is 0 Å². The van der Waals surface area contributed by atoms with Gasteiger partial charge in [0.05, 0.1) is 13.2 Å². The molecule has 0 radical (unpaired) electrons. The zero-order valence-electron chi connectivity index (χ0n) is 21.0. The topological polar surface area (TPSA) is 102 Å². The largest absolute Gasteiger partial charge is 0.493 e. The highest BCUT2D eigenvalue weighted by atomic mass is 16.6. The summed E-state index contributed by atoms with van der Waals surface area (Å²) in [6.45, 7) is 2.57. The van der Waals surface area contributed by atoms with Crippen LogP contribution in [0.5, 0.6) is 11.5 Å². The van der Waals surface area contributed by atoms with E-state index in [1.165, 1.54) is 23.3 Å². The molecule has 2 amide bonds. The van der Waals surface area contributed by atoms with Crippen molar-refractivity contribution in [2.24, 2.45) is 5.92 Å². The van der Waals surface area contributed by atoms with Crippen LogP contribution in [0.1, 0.15) is 24.8 Å². The fourth-order valence-electron chi connectivity index (χ4n) is 4.58. The lowest BCUT2D eigenvalue weighted by Gasteiger charge is -2.19. The number of carbonyl (C=O) groups is 2. The van der Waals surface area contributed by atoms with Crippen molar-refractivity contribution in [1.82, 2.24) is 10.3 Å². The second kappa shape index (κ2) is 10.7. The van der Waals surface area contributed by atoms with Gasteiger partial charge in [0.25, 0.3) is 5.91 Å². The Morgan fingerprint density at radius 2 is 1.89 bits per heavy atom. The molecule has 0 bridgehead atoms. The lowest BCUT2D eigenvalue weighted by molar-refractivity contribution is -0.118. The summed E-state index contributed by atoms with van der Waals surface area (Å²) in [4.78, 5) is 29.9. The molecule has 2 fully saturated rings. The van der Waals surface area contributed by atoms with Crippen LogP contribution < -0.4 is 25.0 Å². The molecule has 1 atom stereocenters. The Morgan fingerprint density at radius 1 is 1.05 bits per heavy atom. The third kappa shape index (κ3) is 5.73. The number of hydrogen-bond donors (Lipinski definition) is 2. The van der Waals surface area contributed by atoms with Crippen LogP contribution in [-0.2, 0) is 16.1 Å². The molecule has 9 nitrogen and oxygen atoms in total. The third-order valence-electron chi connectivity index (χ3n) is 6.86. The van der Waals surface area contributed by atoms with Crippen LogP contribution in [-0.4, -0.2) is 49.4 Å². The van der Waals surface area contributed by atoms with E-state index in [2.05, 4.69) is 52.0 Å². The number of carbonyl (C=O) groups excluding carboxylic acids is 2. The third-order valence-corrected chi connectivity index (χ3v) is 6.86. The Kier molecular flexibility index (Phi) is 6.83. The summed E-state index contributed by atoms with van der Waals surface area (Å²) in [7, 11) is 0. The summed E-state index contributed by atoms with van der Waals surface area (Å²) < 4.78 is 16.8. The van der Waals surface area contributed by atoms with Crippen LogP contribution in [0.3, 0.4) is 0 Å². The molecule has 2 N–H and O–H groups in total. The summed E-state index contributed by atoms with van der Waals surface area (Å²) in [6.07, 6.45) is 2.54. The summed E-state index contributed by atoms with van der Waals surface area (Å²) in [6, 6.07) is 20.1. The van der Waals surface area contributed by atoms with E-state index < -0.39 is 6.09 Å². The zero-order valence-corrected chi connectivity index (χ0v) is 21.0. The highest BCUT2D eigenvalue weighted by Crippen LogP contribution is 2.32. The fourth-order valence-corrected chi connectivity index (χ4v) is 4.58. The number of hydrogen-bond acceptors (Lipinski definition) is 7. The van der Waals surface area contributed by atoms with E-state index in [-0.39, 0.29) is 18.6 Å². The molecule has 1 aromatic heterocycles. The van der Waals surface area contributed by atoms with E-state index in [0.717, 1.165) is 29.4 Å². The van der Waals surface area contributed by atoms with Gasteiger partial charge in [-0.3, -0.25) is 9.69 Å². The van der Waals surface area contributed by atoms with Gasteiger partial charge in [-0.05, 0) is 78.7 Å². The molecule has 0 spiro atoms. The van der Waals surface area contributed by atoms with Crippen molar-refractivity contribution in [2.75, 3.05) is 36.5 Å². The van der Waals surface area contributed by atoms with Gasteiger partial charge in [0.1, 0.15) is 17.7 Å². The number of aromatic nitrogens is 1. The van der Waals surface area contributed by atoms with Gasteiger partial charge in [0.15, 0.2) is 18.2 Å². The molecule has 9 heteroatoms. The van der Waals surface area contributed by atoms with Crippen molar-refractivity contribution >= 4 is 23.6 Å². The van der Waals surface area contributed by atoms with Crippen molar-refractivity contribution in [1.29, 1.82) is 0 Å². The molecule has 1 saturated carbocycles. The number of nitrogens with one attached hydrogen (secondary N) is 2. The molecular formula is C29H30N4O5. The Hall–Kier alpha value is -4.11. The molecule has 3 aromatic rings. The average Bonchev–Trinajstić information content (AvgIpc) is 3.70. The van der Waals surface area contributed by atoms with Crippen molar-refractivity contribution in [2.45, 2.75) is 31.9 Å². The van der Waals surface area contributed by atoms with Gasteiger partial charge in [-0.2, -0.15) is 0 Å². The van der Waals surface area contributed by atoms with Gasteiger partial charge in [0, 0.05) is 6.54 Å². The molecule has 1 saturated heterocycles. The van der Waals surface area contributed by atoms with Crippen molar-refractivity contribution in [3.05, 3.63) is 66.2 Å². The predicted molar refractivity (Wildman–Crippen MR) is 142 cm³/mol. The van der Waals surface area contributed by atoms with E-state index in [1.54, 1.807) is 12.1 Å². The number of pyridine rings is 1. The minimum atomic E-state index is -0.443. The SMILES string of the molecule is O=C1COc2ccc(N3CC(CCNCc4cccc(-c5cccc(OCC6CC6)c5)c4)OC3=O)nc2N1. The molecule has 3 heterocycles. The standard InChI is InChI=1S/C29H30N4O5/c34-27-18-37-25-9-10-26(31-28(25)32-27)33-16-24(38-29(33)35)11-12-30-15-20-3-1-4-21(13-20)22-5-2-6-23(14-22)36-17-19-7-8-19/h1-6,9-10,13-14,19,24,30H,7-8,11-12,15-18H2,(H,31,32,34). The molecule has 3 aliphatic rings. The molecule has 38 heavy (non-hydrogen) atoms. The van der Waals surface area contributed by atoms with Crippen LogP contribution >= 0.6 is 0 Å². The van der Waals surface area contributed by atoms with Gasteiger partial charge in [-0.15, -0.1) is 0 Å². The van der Waals surface area contributed by atoms with Crippen LogP contribution in [0, 0.1) is 5.92 Å². The van der Waals surface area contributed by atoms with Crippen LogP contribution in [0.15, 0.2) is 60.7 Å². The normalized spacial score (nSPS) is 18.4. The van der Waals surface area contributed by atoms with Crippen LogP contribution in [0.25, 0.3) is 11.1 Å². The molecule has 2 aliphatic heterocycles. The van der Waals surface area contributed by atoms with E-state index in [1.807, 2.05) is 12.1 Å². The molecular weight excluding hydrogens is 484 g/mol. The number of ether oxygens (including phenoxy) is 3. The minimum absolute atomic E-state index is 0.0400. The molecule has 2 aromatic carbocycles. The average molecular weight is 515 g/mol. The number of anilines is 2. The quantitative estimate of drug-likeness (QED) is 0.387. The highest BCUT2D eigenvalue weighted by molar-refractivity contribution is 5.95. The first-order valence-corrected chi connectivity index (χ1v) is 13.1. The van der Waals surface area contributed by atoms with Gasteiger partial charge in [0.2, 0.25) is 0 Å². The summed E-state index contributed by atoms with van der Waals surface area (Å²) in [5, 5.41) is 6.13. The number of cyclic esters (lactones) is 1. The van der Waals surface area contributed by atoms with Gasteiger partial charge < -0.3 is 24.8 Å². The van der Waals surface area contributed by atoms with E-state index in [9.17, 15) is 9.59 Å². The first-order valence-electron chi connectivity index (χ1n) is 13.1. The maximum Gasteiger partial charge on any atom is 0.415 e. The Morgan fingerprint density at radius 3 is 2.76 bits per heavy atom. The summed E-state index contributed by atoms with van der Waals surface area (Å²) >= 11 is 0. The number of fused-ring (bicyclic) bond motifs is 1. The fraction of sp³-hybridized carbons (Fsp3) is 0.345. The Bertz CT molecular complexity index is 1340. The number of rotatable bonds is 10. The van der Waals surface area contributed by atoms with Crippen LogP contribution in [0.4, 0.5) is 16.4 Å². The van der Waals surface area contributed by atoms with E-state index in [0.29, 0.717) is 43.4 Å². The monoisotopic (exact) mass is 514 g/mol.